The topological polar surface area (TPSA) is 44.8 Å². The van der Waals surface area contributed by atoms with Gasteiger partial charge in [-0.3, -0.25) is 0 Å². The Morgan fingerprint density at radius 3 is 2.46 bits per heavy atom. The van der Waals surface area contributed by atoms with Crippen LogP contribution in [0.2, 0.25) is 0 Å². The number of piperazine rings is 1. The molecule has 1 aliphatic heterocycles. The van der Waals surface area contributed by atoms with E-state index in [1.807, 2.05) is 32.0 Å². The zero-order valence-corrected chi connectivity index (χ0v) is 15.2. The molecule has 2 aromatic carbocycles. The molecule has 138 valence electrons. The van der Waals surface area contributed by atoms with E-state index in [4.69, 9.17) is 4.74 Å². The van der Waals surface area contributed by atoms with E-state index >= 15 is 0 Å². The number of amides is 2. The Labute approximate surface area is 153 Å². The van der Waals surface area contributed by atoms with Gasteiger partial charge in [0.05, 0.1) is 0 Å². The van der Waals surface area contributed by atoms with Crippen molar-refractivity contribution in [2.45, 2.75) is 13.8 Å². The Bertz CT molecular complexity index is 756. The first-order valence-electron chi connectivity index (χ1n) is 8.77. The fourth-order valence-electron chi connectivity index (χ4n) is 2.99. The Hall–Kier alpha value is -2.76. The molecule has 6 heteroatoms. The van der Waals surface area contributed by atoms with E-state index in [0.717, 1.165) is 35.7 Å². The number of hydrogen-bond acceptors (Lipinski definition) is 3. The summed E-state index contributed by atoms with van der Waals surface area (Å²) in [5, 5.41) is 2.81. The van der Waals surface area contributed by atoms with Crippen molar-refractivity contribution in [1.82, 2.24) is 10.2 Å². The Morgan fingerprint density at radius 1 is 1.08 bits per heavy atom. The molecule has 0 spiro atoms. The molecule has 0 aliphatic carbocycles. The molecule has 1 aliphatic rings. The van der Waals surface area contributed by atoms with Gasteiger partial charge in [0, 0.05) is 31.9 Å². The first kappa shape index (κ1) is 18.0. The number of hydrogen-bond donors (Lipinski definition) is 1. The van der Waals surface area contributed by atoms with Crippen molar-refractivity contribution in [3.63, 3.8) is 0 Å². The lowest BCUT2D eigenvalue weighted by atomic mass is 10.1. The van der Waals surface area contributed by atoms with Crippen LogP contribution >= 0.6 is 0 Å². The van der Waals surface area contributed by atoms with Crippen molar-refractivity contribution in [3.05, 3.63) is 59.4 Å². The molecule has 26 heavy (non-hydrogen) atoms. The van der Waals surface area contributed by atoms with Gasteiger partial charge in [0.2, 0.25) is 0 Å². The van der Waals surface area contributed by atoms with E-state index in [2.05, 4.69) is 10.2 Å². The van der Waals surface area contributed by atoms with Crippen LogP contribution < -0.4 is 15.0 Å². The normalized spacial score (nSPS) is 14.3. The van der Waals surface area contributed by atoms with Gasteiger partial charge in [0.1, 0.15) is 11.6 Å². The number of carbonyl (C=O) groups excluding carboxylic acids is 1. The van der Waals surface area contributed by atoms with Crippen LogP contribution in [-0.2, 0) is 0 Å². The minimum atomic E-state index is -0.240. The summed E-state index contributed by atoms with van der Waals surface area (Å²) in [5.74, 6) is 0.544. The number of nitrogens with one attached hydrogen (secondary N) is 1. The molecule has 1 heterocycles. The maximum atomic E-state index is 13.0. The molecule has 0 radical (unpaired) electrons. The van der Waals surface area contributed by atoms with Gasteiger partial charge < -0.3 is 19.9 Å². The molecule has 0 unspecified atom stereocenters. The van der Waals surface area contributed by atoms with Crippen molar-refractivity contribution in [2.24, 2.45) is 0 Å². The number of carbonyl (C=O) groups is 1. The number of nitrogens with zero attached hydrogens (tertiary/aromatic N) is 2. The van der Waals surface area contributed by atoms with Crippen molar-refractivity contribution in [3.8, 4) is 5.75 Å². The third kappa shape index (κ3) is 4.25. The smallest absolute Gasteiger partial charge is 0.320 e. The largest absolute Gasteiger partial charge is 0.473 e. The number of anilines is 1. The molecule has 1 fully saturated rings. The monoisotopic (exact) mass is 357 g/mol. The minimum Gasteiger partial charge on any atom is -0.473 e. The molecule has 0 aromatic heterocycles. The summed E-state index contributed by atoms with van der Waals surface area (Å²) in [5.41, 5.74) is 3.21. The van der Waals surface area contributed by atoms with Crippen LogP contribution in [0.5, 0.6) is 5.75 Å². The van der Waals surface area contributed by atoms with E-state index in [9.17, 15) is 9.18 Å². The van der Waals surface area contributed by atoms with Crippen molar-refractivity contribution in [1.29, 1.82) is 0 Å². The zero-order valence-electron chi connectivity index (χ0n) is 15.2. The Balaban J connectivity index is 1.45. The predicted molar refractivity (Wildman–Crippen MR) is 100 cm³/mol. The lowest BCUT2D eigenvalue weighted by Crippen LogP contribution is -2.52. The minimum absolute atomic E-state index is 0.130. The molecule has 5 nitrogen and oxygen atoms in total. The molecule has 1 saturated heterocycles. The molecule has 0 atom stereocenters. The number of rotatable bonds is 4. The first-order valence-corrected chi connectivity index (χ1v) is 8.77. The average Bonchev–Trinajstić information content (AvgIpc) is 2.66. The highest BCUT2D eigenvalue weighted by Crippen LogP contribution is 2.20. The summed E-state index contributed by atoms with van der Waals surface area (Å²) in [6.07, 6.45) is 0. The molecule has 1 N–H and O–H groups in total. The van der Waals surface area contributed by atoms with Crippen LogP contribution in [0.4, 0.5) is 14.9 Å². The SMILES string of the molecule is Cc1cccc(OCNC(=O)N2CCN(c3ccc(F)cc3)CC2)c1C. The number of aryl methyl sites for hydroxylation is 1. The van der Waals surface area contributed by atoms with Crippen LogP contribution in [0.3, 0.4) is 0 Å². The maximum absolute atomic E-state index is 13.0. The summed E-state index contributed by atoms with van der Waals surface area (Å²) in [6, 6.07) is 12.2. The molecule has 2 amide bonds. The second kappa shape index (κ2) is 8.08. The third-order valence-corrected chi connectivity index (χ3v) is 4.76. The predicted octanol–water partition coefficient (Wildman–Crippen LogP) is 3.31. The van der Waals surface area contributed by atoms with E-state index < -0.39 is 0 Å². The summed E-state index contributed by atoms with van der Waals surface area (Å²) in [6.45, 7) is 6.84. The second-order valence-corrected chi connectivity index (χ2v) is 6.42. The summed E-state index contributed by atoms with van der Waals surface area (Å²) >= 11 is 0. The van der Waals surface area contributed by atoms with Gasteiger partial charge in [-0.1, -0.05) is 12.1 Å². The van der Waals surface area contributed by atoms with Crippen LogP contribution in [0.1, 0.15) is 11.1 Å². The quantitative estimate of drug-likeness (QED) is 0.854. The molecule has 0 saturated carbocycles. The summed E-state index contributed by atoms with van der Waals surface area (Å²) < 4.78 is 18.7. The van der Waals surface area contributed by atoms with E-state index in [1.165, 1.54) is 12.1 Å². The summed E-state index contributed by atoms with van der Waals surface area (Å²) in [7, 11) is 0. The standard InChI is InChI=1S/C20H24FN3O2/c1-15-4-3-5-19(16(15)2)26-14-22-20(25)24-12-10-23(11-13-24)18-8-6-17(21)7-9-18/h3-9H,10-14H2,1-2H3,(H,22,25). The third-order valence-electron chi connectivity index (χ3n) is 4.76. The molecule has 2 aromatic rings. The van der Waals surface area contributed by atoms with Crippen LogP contribution in [0, 0.1) is 19.7 Å². The van der Waals surface area contributed by atoms with Gasteiger partial charge in [0.15, 0.2) is 6.73 Å². The number of halogens is 1. The fourth-order valence-corrected chi connectivity index (χ4v) is 2.99. The van der Waals surface area contributed by atoms with Crippen molar-refractivity contribution in [2.75, 3.05) is 37.8 Å². The number of ether oxygens (including phenoxy) is 1. The van der Waals surface area contributed by atoms with Crippen LogP contribution in [0.25, 0.3) is 0 Å². The van der Waals surface area contributed by atoms with E-state index in [-0.39, 0.29) is 18.6 Å². The van der Waals surface area contributed by atoms with E-state index in [0.29, 0.717) is 13.1 Å². The van der Waals surface area contributed by atoms with Gasteiger partial charge in [-0.15, -0.1) is 0 Å². The summed E-state index contributed by atoms with van der Waals surface area (Å²) in [4.78, 5) is 16.2. The lowest BCUT2D eigenvalue weighted by molar-refractivity contribution is 0.181. The highest BCUT2D eigenvalue weighted by Gasteiger charge is 2.21. The second-order valence-electron chi connectivity index (χ2n) is 6.42. The maximum Gasteiger partial charge on any atom is 0.320 e. The van der Waals surface area contributed by atoms with Crippen LogP contribution in [0.15, 0.2) is 42.5 Å². The van der Waals surface area contributed by atoms with E-state index in [1.54, 1.807) is 17.0 Å². The Kier molecular flexibility index (Phi) is 5.61. The van der Waals surface area contributed by atoms with Gasteiger partial charge in [-0.25, -0.2) is 9.18 Å². The van der Waals surface area contributed by atoms with Gasteiger partial charge in [-0.2, -0.15) is 0 Å². The highest BCUT2D eigenvalue weighted by atomic mass is 19.1. The lowest BCUT2D eigenvalue weighted by Gasteiger charge is -2.36. The fraction of sp³-hybridized carbons (Fsp3) is 0.350. The first-order chi connectivity index (χ1) is 12.5. The van der Waals surface area contributed by atoms with Crippen LogP contribution in [-0.4, -0.2) is 43.8 Å². The average molecular weight is 357 g/mol. The molecule has 3 rings (SSSR count). The van der Waals surface area contributed by atoms with Crippen molar-refractivity contribution >= 4 is 11.7 Å². The van der Waals surface area contributed by atoms with Crippen molar-refractivity contribution < 1.29 is 13.9 Å². The molecule has 0 bridgehead atoms. The molecular formula is C20H24FN3O2. The van der Waals surface area contributed by atoms with Gasteiger partial charge in [0.25, 0.3) is 0 Å². The Morgan fingerprint density at radius 2 is 1.77 bits per heavy atom. The van der Waals surface area contributed by atoms with Gasteiger partial charge >= 0.3 is 6.03 Å². The zero-order chi connectivity index (χ0) is 18.5. The highest BCUT2D eigenvalue weighted by molar-refractivity contribution is 5.74. The number of benzene rings is 2. The molecular weight excluding hydrogens is 333 g/mol. The number of urea groups is 1. The van der Waals surface area contributed by atoms with Gasteiger partial charge in [-0.05, 0) is 55.3 Å².